The molecule has 1 aliphatic heterocycles. The lowest BCUT2D eigenvalue weighted by Gasteiger charge is -2.31. The number of pyridine rings is 1. The van der Waals surface area contributed by atoms with Gasteiger partial charge in [-0.3, -0.25) is 14.3 Å². The highest BCUT2D eigenvalue weighted by Crippen LogP contribution is 2.22. The summed E-state index contributed by atoms with van der Waals surface area (Å²) in [5.41, 5.74) is 1.14. The van der Waals surface area contributed by atoms with Gasteiger partial charge >= 0.3 is 5.69 Å². The van der Waals surface area contributed by atoms with E-state index in [0.717, 1.165) is 30.7 Å². The lowest BCUT2D eigenvalue weighted by molar-refractivity contribution is 0.0688. The van der Waals surface area contributed by atoms with Crippen LogP contribution in [0.1, 0.15) is 35.9 Å². The molecule has 1 amide bonds. The Morgan fingerprint density at radius 3 is 2.62 bits per heavy atom. The van der Waals surface area contributed by atoms with Crippen molar-refractivity contribution in [2.45, 2.75) is 32.7 Å². The van der Waals surface area contributed by atoms with Crippen molar-refractivity contribution in [2.24, 2.45) is 5.92 Å². The summed E-state index contributed by atoms with van der Waals surface area (Å²) >= 11 is 0. The molecule has 150 valence electrons. The van der Waals surface area contributed by atoms with Crippen molar-refractivity contribution in [3.63, 3.8) is 0 Å². The van der Waals surface area contributed by atoms with Gasteiger partial charge in [0, 0.05) is 56.4 Å². The van der Waals surface area contributed by atoms with E-state index in [1.807, 2.05) is 24.0 Å². The van der Waals surface area contributed by atoms with E-state index in [2.05, 4.69) is 25.1 Å². The SMILES string of the molecule is CCn1c(CC2CCN(C(=O)c3cnc(-c4cccnc4)nc3)CC2)n[nH]c1=O. The number of amides is 1. The van der Waals surface area contributed by atoms with Gasteiger partial charge < -0.3 is 4.90 Å². The van der Waals surface area contributed by atoms with Crippen molar-refractivity contribution in [2.75, 3.05) is 13.1 Å². The van der Waals surface area contributed by atoms with Gasteiger partial charge in [-0.2, -0.15) is 5.10 Å². The molecule has 9 nitrogen and oxygen atoms in total. The Morgan fingerprint density at radius 1 is 1.21 bits per heavy atom. The summed E-state index contributed by atoms with van der Waals surface area (Å²) in [7, 11) is 0. The van der Waals surface area contributed by atoms with Gasteiger partial charge in [-0.25, -0.2) is 19.9 Å². The molecule has 4 heterocycles. The van der Waals surface area contributed by atoms with Crippen molar-refractivity contribution < 1.29 is 4.79 Å². The number of hydrogen-bond donors (Lipinski definition) is 1. The second kappa shape index (κ2) is 8.34. The summed E-state index contributed by atoms with van der Waals surface area (Å²) in [6.07, 6.45) is 9.05. The van der Waals surface area contributed by atoms with E-state index in [9.17, 15) is 9.59 Å². The van der Waals surface area contributed by atoms with E-state index in [-0.39, 0.29) is 11.6 Å². The summed E-state index contributed by atoms with van der Waals surface area (Å²) in [4.78, 5) is 39.0. The first-order chi connectivity index (χ1) is 14.2. The number of aromatic nitrogens is 6. The van der Waals surface area contributed by atoms with Crippen LogP contribution in [0.25, 0.3) is 11.4 Å². The Labute approximate surface area is 167 Å². The van der Waals surface area contributed by atoms with Crippen molar-refractivity contribution in [3.8, 4) is 11.4 Å². The van der Waals surface area contributed by atoms with Gasteiger partial charge in [0.1, 0.15) is 5.82 Å². The maximum absolute atomic E-state index is 12.8. The maximum Gasteiger partial charge on any atom is 0.343 e. The van der Waals surface area contributed by atoms with Gasteiger partial charge in [0.15, 0.2) is 5.82 Å². The minimum Gasteiger partial charge on any atom is -0.339 e. The average molecular weight is 393 g/mol. The number of nitrogens with one attached hydrogen (secondary N) is 1. The van der Waals surface area contributed by atoms with E-state index in [0.29, 0.717) is 36.9 Å². The highest BCUT2D eigenvalue weighted by atomic mass is 16.2. The van der Waals surface area contributed by atoms with Gasteiger partial charge in [0.25, 0.3) is 5.91 Å². The molecule has 3 aromatic heterocycles. The van der Waals surface area contributed by atoms with E-state index in [4.69, 9.17) is 0 Å². The molecule has 0 aliphatic carbocycles. The molecule has 0 unspecified atom stereocenters. The highest BCUT2D eigenvalue weighted by molar-refractivity contribution is 5.93. The molecule has 0 spiro atoms. The third-order valence-corrected chi connectivity index (χ3v) is 5.35. The topological polar surface area (TPSA) is 110 Å². The number of nitrogens with zero attached hydrogens (tertiary/aromatic N) is 6. The molecule has 0 radical (unpaired) electrons. The molecular weight excluding hydrogens is 370 g/mol. The van der Waals surface area contributed by atoms with Crippen LogP contribution in [0.2, 0.25) is 0 Å². The fourth-order valence-corrected chi connectivity index (χ4v) is 3.70. The molecule has 0 atom stereocenters. The normalized spacial score (nSPS) is 14.9. The van der Waals surface area contributed by atoms with E-state index >= 15 is 0 Å². The first kappa shape index (κ1) is 19.0. The van der Waals surface area contributed by atoms with Crippen LogP contribution in [0.5, 0.6) is 0 Å². The summed E-state index contributed by atoms with van der Waals surface area (Å²) in [5.74, 6) is 1.70. The maximum atomic E-state index is 12.8. The molecular formula is C20H23N7O2. The zero-order valence-electron chi connectivity index (χ0n) is 16.3. The first-order valence-corrected chi connectivity index (χ1v) is 9.81. The van der Waals surface area contributed by atoms with Crippen LogP contribution in [-0.4, -0.2) is 53.6 Å². The van der Waals surface area contributed by atoms with Crippen LogP contribution in [0.3, 0.4) is 0 Å². The van der Waals surface area contributed by atoms with Crippen molar-refractivity contribution in [3.05, 3.63) is 58.8 Å². The highest BCUT2D eigenvalue weighted by Gasteiger charge is 2.25. The van der Waals surface area contributed by atoms with Crippen LogP contribution in [0, 0.1) is 5.92 Å². The standard InChI is InChI=1S/C20H23N7O2/c1-2-27-17(24-25-20(27)29)10-14-5-8-26(9-6-14)19(28)16-12-22-18(23-13-16)15-4-3-7-21-11-15/h3-4,7,11-14H,2,5-6,8-10H2,1H3,(H,25,29). The number of piperidine rings is 1. The van der Waals surface area contributed by atoms with Crippen LogP contribution in [-0.2, 0) is 13.0 Å². The summed E-state index contributed by atoms with van der Waals surface area (Å²) < 4.78 is 1.67. The largest absolute Gasteiger partial charge is 0.343 e. The minimum atomic E-state index is -0.162. The molecule has 0 aromatic carbocycles. The Kier molecular flexibility index (Phi) is 5.46. The molecule has 9 heteroatoms. The molecule has 3 aromatic rings. The second-order valence-corrected chi connectivity index (χ2v) is 7.17. The molecule has 1 saturated heterocycles. The minimum absolute atomic E-state index is 0.0496. The quantitative estimate of drug-likeness (QED) is 0.704. The van der Waals surface area contributed by atoms with Gasteiger partial charge in [0.05, 0.1) is 5.56 Å². The van der Waals surface area contributed by atoms with Gasteiger partial charge in [-0.1, -0.05) is 0 Å². The van der Waals surface area contributed by atoms with Crippen LogP contribution >= 0.6 is 0 Å². The number of carbonyl (C=O) groups excluding carboxylic acids is 1. The Bertz CT molecular complexity index is 1020. The molecule has 29 heavy (non-hydrogen) atoms. The Hall–Kier alpha value is -3.36. The van der Waals surface area contributed by atoms with Crippen molar-refractivity contribution >= 4 is 5.91 Å². The fourth-order valence-electron chi connectivity index (χ4n) is 3.70. The molecule has 1 N–H and O–H groups in total. The Balaban J connectivity index is 1.36. The number of carbonyl (C=O) groups is 1. The molecule has 4 rings (SSSR count). The zero-order chi connectivity index (χ0) is 20.2. The van der Waals surface area contributed by atoms with E-state index in [1.54, 1.807) is 29.4 Å². The summed E-state index contributed by atoms with van der Waals surface area (Å²) in [6.45, 7) is 3.89. The van der Waals surface area contributed by atoms with E-state index < -0.39 is 0 Å². The van der Waals surface area contributed by atoms with Crippen LogP contribution < -0.4 is 5.69 Å². The number of rotatable bonds is 5. The van der Waals surface area contributed by atoms with Crippen molar-refractivity contribution in [1.29, 1.82) is 0 Å². The van der Waals surface area contributed by atoms with Crippen molar-refractivity contribution in [1.82, 2.24) is 34.6 Å². The molecule has 0 bridgehead atoms. The summed E-state index contributed by atoms with van der Waals surface area (Å²) in [5, 5.41) is 6.66. The monoisotopic (exact) mass is 393 g/mol. The number of H-pyrrole nitrogens is 1. The molecule has 0 saturated carbocycles. The number of likely N-dealkylation sites (tertiary alicyclic amines) is 1. The lowest BCUT2D eigenvalue weighted by atomic mass is 9.93. The first-order valence-electron chi connectivity index (χ1n) is 9.81. The second-order valence-electron chi connectivity index (χ2n) is 7.17. The molecule has 1 fully saturated rings. The lowest BCUT2D eigenvalue weighted by Crippen LogP contribution is -2.39. The predicted octanol–water partition coefficient (Wildman–Crippen LogP) is 1.54. The zero-order valence-corrected chi connectivity index (χ0v) is 16.3. The average Bonchev–Trinajstić information content (AvgIpc) is 3.13. The van der Waals surface area contributed by atoms with Gasteiger partial charge in [-0.05, 0) is 37.8 Å². The number of hydrogen-bond acceptors (Lipinski definition) is 6. The van der Waals surface area contributed by atoms with E-state index in [1.165, 1.54) is 0 Å². The fraction of sp³-hybridized carbons (Fsp3) is 0.400. The third kappa shape index (κ3) is 4.08. The van der Waals surface area contributed by atoms with Crippen LogP contribution in [0.15, 0.2) is 41.7 Å². The predicted molar refractivity (Wildman–Crippen MR) is 106 cm³/mol. The van der Waals surface area contributed by atoms with Gasteiger partial charge in [-0.15, -0.1) is 0 Å². The molecule has 1 aliphatic rings. The third-order valence-electron chi connectivity index (χ3n) is 5.35. The smallest absolute Gasteiger partial charge is 0.339 e. The summed E-state index contributed by atoms with van der Waals surface area (Å²) in [6, 6.07) is 3.71. The van der Waals surface area contributed by atoms with Crippen LogP contribution in [0.4, 0.5) is 0 Å². The van der Waals surface area contributed by atoms with Gasteiger partial charge in [0.2, 0.25) is 0 Å². The number of aromatic amines is 1. The Morgan fingerprint density at radius 2 is 1.97 bits per heavy atom.